The minimum Gasteiger partial charge on any atom is -0.364 e. The maximum Gasteiger partial charge on any atom is 0.313 e. The Morgan fingerprint density at radius 1 is 1.29 bits per heavy atom. The second-order valence-electron chi connectivity index (χ2n) is 5.28. The first kappa shape index (κ1) is 16.1. The van der Waals surface area contributed by atoms with E-state index in [1.165, 1.54) is 0 Å². The Hall–Kier alpha value is -1.30. The van der Waals surface area contributed by atoms with Crippen LogP contribution in [0, 0.1) is 10.1 Å². The number of rotatable bonds is 6. The molecule has 0 aliphatic carbocycles. The van der Waals surface area contributed by atoms with E-state index in [1.54, 1.807) is 0 Å². The van der Waals surface area contributed by atoms with E-state index in [-0.39, 0.29) is 10.6 Å². The Labute approximate surface area is 130 Å². The number of nitrogens with zero attached hydrogens (tertiary/aromatic N) is 3. The zero-order valence-electron chi connectivity index (χ0n) is 12.8. The van der Waals surface area contributed by atoms with Crippen LogP contribution >= 0.6 is 11.8 Å². The fourth-order valence-corrected chi connectivity index (χ4v) is 3.58. The summed E-state index contributed by atoms with van der Waals surface area (Å²) >= 11 is 1.91. The molecule has 2 heterocycles. The largest absolute Gasteiger partial charge is 0.364 e. The van der Waals surface area contributed by atoms with Crippen LogP contribution in [0.3, 0.4) is 0 Å². The summed E-state index contributed by atoms with van der Waals surface area (Å²) < 4.78 is 0. The maximum atomic E-state index is 11.6. The van der Waals surface area contributed by atoms with Crippen LogP contribution in [0.25, 0.3) is 0 Å². The fraction of sp³-hybridized carbons (Fsp3) is 0.667. The molecule has 0 amide bonds. The lowest BCUT2D eigenvalue weighted by Crippen LogP contribution is -2.33. The third-order valence-electron chi connectivity index (χ3n) is 3.63. The molecule has 1 aromatic rings. The van der Waals surface area contributed by atoms with Crippen molar-refractivity contribution in [1.29, 1.82) is 0 Å². The van der Waals surface area contributed by atoms with Gasteiger partial charge in [-0.2, -0.15) is 11.8 Å². The molecular formula is C15H23N3O2S. The van der Waals surface area contributed by atoms with Crippen LogP contribution in [0.5, 0.6) is 0 Å². The molecule has 1 saturated heterocycles. The molecule has 21 heavy (non-hydrogen) atoms. The van der Waals surface area contributed by atoms with Crippen LogP contribution in [-0.4, -0.2) is 34.5 Å². The molecule has 1 aliphatic rings. The van der Waals surface area contributed by atoms with Crippen molar-refractivity contribution in [2.24, 2.45) is 0 Å². The summed E-state index contributed by atoms with van der Waals surface area (Å²) in [5.41, 5.74) is 2.65. The van der Waals surface area contributed by atoms with Gasteiger partial charge in [0.15, 0.2) is 0 Å². The number of aryl methyl sites for hydroxylation is 2. The fourth-order valence-electron chi connectivity index (χ4n) is 2.67. The van der Waals surface area contributed by atoms with Crippen LogP contribution in [-0.2, 0) is 12.8 Å². The summed E-state index contributed by atoms with van der Waals surface area (Å²) in [5.74, 6) is 2.07. The summed E-state index contributed by atoms with van der Waals surface area (Å²) in [7, 11) is 0. The standard InChI is InChI=1S/C15H23N3O2S/c1-3-5-12-11-14(17-7-9-21-10-8-17)15(18(19)20)13(16-12)6-4-2/h11H,3-10H2,1-2H3. The molecule has 2 rings (SSSR count). The highest BCUT2D eigenvalue weighted by Gasteiger charge is 2.26. The van der Waals surface area contributed by atoms with Crippen molar-refractivity contribution in [2.45, 2.75) is 39.5 Å². The lowest BCUT2D eigenvalue weighted by Gasteiger charge is -2.28. The van der Waals surface area contributed by atoms with Crippen molar-refractivity contribution in [3.05, 3.63) is 27.6 Å². The average Bonchev–Trinajstić information content (AvgIpc) is 2.48. The molecule has 116 valence electrons. The average molecular weight is 309 g/mol. The monoisotopic (exact) mass is 309 g/mol. The first-order valence-corrected chi connectivity index (χ1v) is 8.82. The van der Waals surface area contributed by atoms with Gasteiger partial charge in [0.2, 0.25) is 0 Å². The summed E-state index contributed by atoms with van der Waals surface area (Å²) in [4.78, 5) is 18.0. The van der Waals surface area contributed by atoms with E-state index in [0.717, 1.165) is 55.2 Å². The molecule has 0 radical (unpaired) electrons. The van der Waals surface area contributed by atoms with Crippen molar-refractivity contribution < 1.29 is 4.92 Å². The Morgan fingerprint density at radius 3 is 2.52 bits per heavy atom. The van der Waals surface area contributed by atoms with Gasteiger partial charge >= 0.3 is 5.69 Å². The first-order chi connectivity index (χ1) is 10.2. The molecule has 0 atom stereocenters. The number of nitro groups is 1. The molecule has 0 N–H and O–H groups in total. The van der Waals surface area contributed by atoms with Gasteiger partial charge in [0.25, 0.3) is 0 Å². The molecule has 0 aromatic carbocycles. The van der Waals surface area contributed by atoms with Gasteiger partial charge in [-0.05, 0) is 18.9 Å². The molecule has 0 saturated carbocycles. The molecule has 1 fully saturated rings. The Bertz CT molecular complexity index is 502. The second kappa shape index (κ2) is 7.64. The molecule has 5 nitrogen and oxygen atoms in total. The van der Waals surface area contributed by atoms with E-state index in [9.17, 15) is 10.1 Å². The SMILES string of the molecule is CCCc1cc(N2CCSCC2)c([N+](=O)[O-])c(CCC)n1. The molecule has 1 aromatic heterocycles. The number of pyridine rings is 1. The van der Waals surface area contributed by atoms with E-state index < -0.39 is 0 Å². The van der Waals surface area contributed by atoms with E-state index in [2.05, 4.69) is 16.8 Å². The highest BCUT2D eigenvalue weighted by molar-refractivity contribution is 7.99. The quantitative estimate of drug-likeness (QED) is 0.595. The van der Waals surface area contributed by atoms with E-state index in [0.29, 0.717) is 12.1 Å². The Morgan fingerprint density at radius 2 is 1.95 bits per heavy atom. The van der Waals surface area contributed by atoms with Crippen LogP contribution in [0.15, 0.2) is 6.07 Å². The third kappa shape index (κ3) is 3.87. The minimum absolute atomic E-state index is 0.226. The molecule has 6 heteroatoms. The lowest BCUT2D eigenvalue weighted by molar-refractivity contribution is -0.385. The Balaban J connectivity index is 2.48. The maximum absolute atomic E-state index is 11.6. The zero-order valence-corrected chi connectivity index (χ0v) is 13.6. The molecule has 0 unspecified atom stereocenters. The number of thioether (sulfide) groups is 1. The number of hydrogen-bond donors (Lipinski definition) is 0. The van der Waals surface area contributed by atoms with Gasteiger partial charge in [-0.15, -0.1) is 0 Å². The highest BCUT2D eigenvalue weighted by atomic mass is 32.2. The molecule has 0 spiro atoms. The van der Waals surface area contributed by atoms with Gasteiger partial charge in [0, 0.05) is 30.3 Å². The van der Waals surface area contributed by atoms with E-state index in [1.807, 2.05) is 24.8 Å². The van der Waals surface area contributed by atoms with Crippen molar-refractivity contribution >= 4 is 23.1 Å². The third-order valence-corrected chi connectivity index (χ3v) is 4.57. The summed E-state index contributed by atoms with van der Waals surface area (Å²) in [6, 6.07) is 1.94. The van der Waals surface area contributed by atoms with Gasteiger partial charge in [0.1, 0.15) is 11.4 Å². The van der Waals surface area contributed by atoms with E-state index >= 15 is 0 Å². The van der Waals surface area contributed by atoms with Crippen LogP contribution in [0.4, 0.5) is 11.4 Å². The number of anilines is 1. The second-order valence-corrected chi connectivity index (χ2v) is 6.51. The van der Waals surface area contributed by atoms with Crippen molar-refractivity contribution in [3.63, 3.8) is 0 Å². The summed E-state index contributed by atoms with van der Waals surface area (Å²) in [6.45, 7) is 5.91. The lowest BCUT2D eigenvalue weighted by atomic mass is 10.1. The summed E-state index contributed by atoms with van der Waals surface area (Å²) in [6.07, 6.45) is 3.43. The Kier molecular flexibility index (Phi) is 5.85. The summed E-state index contributed by atoms with van der Waals surface area (Å²) in [5, 5.41) is 11.6. The smallest absolute Gasteiger partial charge is 0.313 e. The molecule has 1 aliphatic heterocycles. The van der Waals surface area contributed by atoms with Gasteiger partial charge in [-0.3, -0.25) is 15.1 Å². The van der Waals surface area contributed by atoms with Gasteiger partial charge in [0.05, 0.1) is 4.92 Å². The van der Waals surface area contributed by atoms with Crippen LogP contribution in [0.1, 0.15) is 38.1 Å². The van der Waals surface area contributed by atoms with Gasteiger partial charge < -0.3 is 4.90 Å². The topological polar surface area (TPSA) is 59.3 Å². The van der Waals surface area contributed by atoms with Crippen molar-refractivity contribution in [3.8, 4) is 0 Å². The molecule has 0 bridgehead atoms. The predicted molar refractivity (Wildman–Crippen MR) is 88.4 cm³/mol. The highest BCUT2D eigenvalue weighted by Crippen LogP contribution is 2.34. The minimum atomic E-state index is -0.245. The van der Waals surface area contributed by atoms with Gasteiger partial charge in [-0.1, -0.05) is 26.7 Å². The number of aromatic nitrogens is 1. The van der Waals surface area contributed by atoms with Crippen LogP contribution in [0.2, 0.25) is 0 Å². The van der Waals surface area contributed by atoms with Gasteiger partial charge in [-0.25, -0.2) is 0 Å². The first-order valence-electron chi connectivity index (χ1n) is 7.67. The van der Waals surface area contributed by atoms with Crippen molar-refractivity contribution in [2.75, 3.05) is 29.5 Å². The zero-order chi connectivity index (χ0) is 15.2. The normalized spacial score (nSPS) is 15.2. The van der Waals surface area contributed by atoms with Crippen molar-refractivity contribution in [1.82, 2.24) is 4.98 Å². The van der Waals surface area contributed by atoms with Crippen LogP contribution < -0.4 is 4.90 Å². The molecular weight excluding hydrogens is 286 g/mol. The predicted octanol–water partition coefficient (Wildman–Crippen LogP) is 3.45. The number of hydrogen-bond acceptors (Lipinski definition) is 5. The van der Waals surface area contributed by atoms with E-state index in [4.69, 9.17) is 0 Å².